The molecule has 0 aromatic carbocycles. The van der Waals surface area contributed by atoms with Crippen LogP contribution in [-0.4, -0.2) is 20.9 Å². The van der Waals surface area contributed by atoms with Crippen molar-refractivity contribution in [3.63, 3.8) is 0 Å². The van der Waals surface area contributed by atoms with Crippen LogP contribution in [0.3, 0.4) is 0 Å². The fourth-order valence-electron chi connectivity index (χ4n) is 0.930. The highest BCUT2D eigenvalue weighted by molar-refractivity contribution is 9.10. The second kappa shape index (κ2) is 2.67. The third-order valence-electron chi connectivity index (χ3n) is 1.42. The van der Waals surface area contributed by atoms with Gasteiger partial charge in [-0.05, 0) is 15.9 Å². The van der Waals surface area contributed by atoms with Crippen molar-refractivity contribution in [3.05, 3.63) is 28.6 Å². The Morgan fingerprint density at radius 2 is 2.42 bits per heavy atom. The van der Waals surface area contributed by atoms with E-state index in [4.69, 9.17) is 0 Å². The van der Waals surface area contributed by atoms with E-state index in [1.165, 1.54) is 0 Å². The van der Waals surface area contributed by atoms with Gasteiger partial charge in [0.2, 0.25) is 0 Å². The Balaban J connectivity index is 2.75. The van der Waals surface area contributed by atoms with Crippen molar-refractivity contribution in [3.8, 4) is 0 Å². The van der Waals surface area contributed by atoms with Gasteiger partial charge in [-0.1, -0.05) is 0 Å². The SMILES string of the molecule is O=Cc1cc2ncc(Br)cn2n1. The maximum Gasteiger partial charge on any atom is 0.170 e. The standard InChI is InChI=1S/C7H4BrN3O/c8-5-2-9-7-1-6(4-12)10-11(7)3-5/h1-4H. The van der Waals surface area contributed by atoms with Gasteiger partial charge < -0.3 is 0 Å². The Kier molecular flexibility index (Phi) is 1.65. The number of hydrogen-bond acceptors (Lipinski definition) is 3. The van der Waals surface area contributed by atoms with Crippen LogP contribution in [0.5, 0.6) is 0 Å². The summed E-state index contributed by atoms with van der Waals surface area (Å²) < 4.78 is 2.38. The van der Waals surface area contributed by atoms with Crippen LogP contribution < -0.4 is 0 Å². The highest BCUT2D eigenvalue weighted by atomic mass is 79.9. The summed E-state index contributed by atoms with van der Waals surface area (Å²) in [6.45, 7) is 0. The predicted molar refractivity (Wildman–Crippen MR) is 46.1 cm³/mol. The van der Waals surface area contributed by atoms with Gasteiger partial charge in [0.15, 0.2) is 11.9 Å². The number of hydrogen-bond donors (Lipinski definition) is 0. The number of nitrogens with zero attached hydrogens (tertiary/aromatic N) is 3. The molecule has 0 aliphatic carbocycles. The molecule has 0 atom stereocenters. The molecule has 0 spiro atoms. The number of carbonyl (C=O) groups excluding carboxylic acids is 1. The molecule has 2 rings (SSSR count). The van der Waals surface area contributed by atoms with Crippen molar-refractivity contribution in [2.45, 2.75) is 0 Å². The molecule has 2 heterocycles. The maximum atomic E-state index is 10.3. The van der Waals surface area contributed by atoms with E-state index in [0.717, 1.165) is 4.47 Å². The fourth-order valence-corrected chi connectivity index (χ4v) is 1.23. The Morgan fingerprint density at radius 1 is 1.58 bits per heavy atom. The lowest BCUT2D eigenvalue weighted by atomic mass is 10.5. The molecule has 60 valence electrons. The highest BCUT2D eigenvalue weighted by Gasteiger charge is 2.00. The quantitative estimate of drug-likeness (QED) is 0.688. The first-order valence-corrected chi connectivity index (χ1v) is 4.05. The first kappa shape index (κ1) is 7.42. The van der Waals surface area contributed by atoms with Gasteiger partial charge in [0.25, 0.3) is 0 Å². The molecule has 2 aromatic heterocycles. The summed E-state index contributed by atoms with van der Waals surface area (Å²) in [4.78, 5) is 14.4. The summed E-state index contributed by atoms with van der Waals surface area (Å²) in [6.07, 6.45) is 4.10. The molecule has 0 fully saturated rings. The lowest BCUT2D eigenvalue weighted by Gasteiger charge is -1.90. The Hall–Kier alpha value is -1.23. The molecule has 0 bridgehead atoms. The average molecular weight is 226 g/mol. The first-order chi connectivity index (χ1) is 5.79. The Morgan fingerprint density at radius 3 is 3.17 bits per heavy atom. The van der Waals surface area contributed by atoms with Crippen molar-refractivity contribution < 1.29 is 4.79 Å². The van der Waals surface area contributed by atoms with Crippen LogP contribution in [0.2, 0.25) is 0 Å². The fraction of sp³-hybridized carbons (Fsp3) is 0. The van der Waals surface area contributed by atoms with Gasteiger partial charge in [-0.2, -0.15) is 5.10 Å². The summed E-state index contributed by atoms with van der Waals surface area (Å²) in [5, 5.41) is 3.95. The van der Waals surface area contributed by atoms with Crippen molar-refractivity contribution in [2.75, 3.05) is 0 Å². The van der Waals surface area contributed by atoms with Gasteiger partial charge in [0.05, 0.1) is 4.47 Å². The Labute approximate surface area is 76.4 Å². The smallest absolute Gasteiger partial charge is 0.170 e. The number of rotatable bonds is 1. The first-order valence-electron chi connectivity index (χ1n) is 3.26. The zero-order valence-electron chi connectivity index (χ0n) is 5.94. The molecule has 0 aliphatic heterocycles. The van der Waals surface area contributed by atoms with Crippen molar-refractivity contribution in [2.24, 2.45) is 0 Å². The molecular weight excluding hydrogens is 222 g/mol. The molecule has 12 heavy (non-hydrogen) atoms. The monoisotopic (exact) mass is 225 g/mol. The zero-order chi connectivity index (χ0) is 8.55. The van der Waals surface area contributed by atoms with E-state index in [9.17, 15) is 4.79 Å². The van der Waals surface area contributed by atoms with Crippen LogP contribution in [0.25, 0.3) is 5.65 Å². The van der Waals surface area contributed by atoms with Crippen LogP contribution in [-0.2, 0) is 0 Å². The third-order valence-corrected chi connectivity index (χ3v) is 1.83. The van der Waals surface area contributed by atoms with Crippen molar-refractivity contribution in [1.82, 2.24) is 14.6 Å². The normalized spacial score (nSPS) is 10.4. The summed E-state index contributed by atoms with van der Waals surface area (Å²) in [5.74, 6) is 0. The maximum absolute atomic E-state index is 10.3. The molecule has 0 saturated heterocycles. The average Bonchev–Trinajstić information content (AvgIpc) is 2.46. The molecule has 0 N–H and O–H groups in total. The number of carbonyl (C=O) groups is 1. The molecule has 4 nitrogen and oxygen atoms in total. The summed E-state index contributed by atoms with van der Waals surface area (Å²) in [5.41, 5.74) is 1.06. The van der Waals surface area contributed by atoms with E-state index in [0.29, 0.717) is 17.6 Å². The van der Waals surface area contributed by atoms with E-state index >= 15 is 0 Å². The van der Waals surface area contributed by atoms with Crippen LogP contribution >= 0.6 is 15.9 Å². The number of aromatic nitrogens is 3. The van der Waals surface area contributed by atoms with Crippen molar-refractivity contribution in [1.29, 1.82) is 0 Å². The van der Waals surface area contributed by atoms with E-state index in [1.54, 1.807) is 23.0 Å². The minimum absolute atomic E-state index is 0.389. The number of aldehydes is 1. The highest BCUT2D eigenvalue weighted by Crippen LogP contribution is 2.08. The topological polar surface area (TPSA) is 47.3 Å². The molecule has 0 saturated carbocycles. The van der Waals surface area contributed by atoms with E-state index in [2.05, 4.69) is 26.0 Å². The minimum atomic E-state index is 0.389. The number of halogens is 1. The summed E-state index contributed by atoms with van der Waals surface area (Å²) in [6, 6.07) is 1.62. The van der Waals surface area contributed by atoms with Gasteiger partial charge in [0, 0.05) is 18.5 Å². The molecule has 0 radical (unpaired) electrons. The van der Waals surface area contributed by atoms with Gasteiger partial charge in [-0.15, -0.1) is 0 Å². The second-order valence-corrected chi connectivity index (χ2v) is 3.18. The van der Waals surface area contributed by atoms with Gasteiger partial charge >= 0.3 is 0 Å². The van der Waals surface area contributed by atoms with Gasteiger partial charge in [-0.3, -0.25) is 4.79 Å². The van der Waals surface area contributed by atoms with Gasteiger partial charge in [-0.25, -0.2) is 9.50 Å². The predicted octanol–water partition coefficient (Wildman–Crippen LogP) is 1.30. The molecule has 0 amide bonds. The largest absolute Gasteiger partial charge is 0.296 e. The summed E-state index contributed by atoms with van der Waals surface area (Å²) >= 11 is 3.25. The van der Waals surface area contributed by atoms with Crippen LogP contribution in [0, 0.1) is 0 Å². The second-order valence-electron chi connectivity index (χ2n) is 2.26. The van der Waals surface area contributed by atoms with Crippen molar-refractivity contribution >= 4 is 27.9 Å². The molecule has 0 aliphatic rings. The van der Waals surface area contributed by atoms with E-state index in [1.807, 2.05) is 0 Å². The molecule has 0 unspecified atom stereocenters. The lowest BCUT2D eigenvalue weighted by Crippen LogP contribution is -1.89. The van der Waals surface area contributed by atoms with Crippen LogP contribution in [0.4, 0.5) is 0 Å². The molecule has 5 heteroatoms. The molecule has 2 aromatic rings. The summed E-state index contributed by atoms with van der Waals surface area (Å²) in [7, 11) is 0. The lowest BCUT2D eigenvalue weighted by molar-refractivity contribution is 0.111. The molecular formula is C7H4BrN3O. The number of fused-ring (bicyclic) bond motifs is 1. The van der Waals surface area contributed by atoms with Gasteiger partial charge in [0.1, 0.15) is 5.69 Å². The zero-order valence-corrected chi connectivity index (χ0v) is 7.52. The van der Waals surface area contributed by atoms with Crippen LogP contribution in [0.1, 0.15) is 10.5 Å². The Bertz CT molecular complexity index is 437. The minimum Gasteiger partial charge on any atom is -0.296 e. The van der Waals surface area contributed by atoms with E-state index < -0.39 is 0 Å². The van der Waals surface area contributed by atoms with Crippen LogP contribution in [0.15, 0.2) is 22.9 Å². The van der Waals surface area contributed by atoms with E-state index in [-0.39, 0.29) is 0 Å². The third kappa shape index (κ3) is 1.12.